The molecule has 0 aromatic carbocycles. The predicted octanol–water partition coefficient (Wildman–Crippen LogP) is 1.77. The van der Waals surface area contributed by atoms with Gasteiger partial charge >= 0.3 is 0 Å². The molecule has 3 atom stereocenters. The Morgan fingerprint density at radius 2 is 2.24 bits per heavy atom. The Kier molecular flexibility index (Phi) is 4.20. The fourth-order valence-corrected chi connectivity index (χ4v) is 3.71. The molecule has 0 aliphatic carbocycles. The molecular weight excluding hydrogens is 230 g/mol. The summed E-state index contributed by atoms with van der Waals surface area (Å²) < 4.78 is 0. The Hall–Kier alpha value is -0.420. The van der Waals surface area contributed by atoms with E-state index in [0.29, 0.717) is 12.1 Å². The summed E-state index contributed by atoms with van der Waals surface area (Å²) in [6, 6.07) is 5.46. The highest BCUT2D eigenvalue weighted by molar-refractivity contribution is 7.10. The van der Waals surface area contributed by atoms with Crippen molar-refractivity contribution >= 4 is 11.3 Å². The summed E-state index contributed by atoms with van der Waals surface area (Å²) in [5.74, 6) is 0. The summed E-state index contributed by atoms with van der Waals surface area (Å²) in [5.41, 5.74) is 6.21. The summed E-state index contributed by atoms with van der Waals surface area (Å²) in [5, 5.41) is 2.14. The third-order valence-electron chi connectivity index (χ3n) is 3.57. The molecule has 1 aromatic rings. The molecule has 0 saturated carbocycles. The van der Waals surface area contributed by atoms with Crippen molar-refractivity contribution in [2.75, 3.05) is 26.7 Å². The minimum absolute atomic E-state index is 0.180. The normalized spacial score (nSPS) is 26.9. The molecule has 0 spiro atoms. The second-order valence-corrected chi connectivity index (χ2v) is 6.15. The first-order valence-corrected chi connectivity index (χ1v) is 7.21. The summed E-state index contributed by atoms with van der Waals surface area (Å²) in [6.07, 6.45) is 0. The third kappa shape index (κ3) is 2.88. The van der Waals surface area contributed by atoms with Gasteiger partial charge in [0.2, 0.25) is 0 Å². The van der Waals surface area contributed by atoms with Crippen molar-refractivity contribution in [1.82, 2.24) is 9.80 Å². The Morgan fingerprint density at radius 3 is 2.76 bits per heavy atom. The number of nitrogens with zero attached hydrogens (tertiary/aromatic N) is 2. The molecule has 1 aliphatic heterocycles. The monoisotopic (exact) mass is 253 g/mol. The first-order chi connectivity index (χ1) is 8.09. The van der Waals surface area contributed by atoms with Crippen LogP contribution >= 0.6 is 11.3 Å². The molecule has 3 unspecified atom stereocenters. The molecular formula is C13H23N3S. The van der Waals surface area contributed by atoms with E-state index in [1.807, 2.05) is 11.3 Å². The van der Waals surface area contributed by atoms with Gasteiger partial charge in [-0.3, -0.25) is 4.90 Å². The summed E-state index contributed by atoms with van der Waals surface area (Å²) in [6.45, 7) is 7.81. The van der Waals surface area contributed by atoms with Gasteiger partial charge < -0.3 is 10.6 Å². The van der Waals surface area contributed by atoms with E-state index in [9.17, 15) is 0 Å². The lowest BCUT2D eigenvalue weighted by molar-refractivity contribution is 0.0535. The lowest BCUT2D eigenvalue weighted by Gasteiger charge is -2.44. The maximum Gasteiger partial charge on any atom is 0.0593 e. The fraction of sp³-hybridized carbons (Fsp3) is 0.692. The zero-order valence-electron chi connectivity index (χ0n) is 11.0. The van der Waals surface area contributed by atoms with Gasteiger partial charge in [-0.25, -0.2) is 0 Å². The maximum atomic E-state index is 6.21. The Bertz CT molecular complexity index is 336. The highest BCUT2D eigenvalue weighted by Gasteiger charge is 2.31. The van der Waals surface area contributed by atoms with E-state index in [4.69, 9.17) is 5.73 Å². The van der Waals surface area contributed by atoms with Gasteiger partial charge in [0, 0.05) is 36.6 Å². The van der Waals surface area contributed by atoms with Gasteiger partial charge in [-0.2, -0.15) is 0 Å². The van der Waals surface area contributed by atoms with Crippen LogP contribution in [0.3, 0.4) is 0 Å². The standard InChI is InChI=1S/C13H23N3S/c1-10-9-15(3)6-7-16(10)13(11(2)14)12-5-4-8-17-12/h4-5,8,10-11,13H,6-7,9,14H2,1-3H3. The van der Waals surface area contributed by atoms with Crippen molar-refractivity contribution < 1.29 is 0 Å². The van der Waals surface area contributed by atoms with Crippen LogP contribution in [0.25, 0.3) is 0 Å². The summed E-state index contributed by atoms with van der Waals surface area (Å²) in [4.78, 5) is 6.36. The van der Waals surface area contributed by atoms with Crippen LogP contribution in [0.15, 0.2) is 17.5 Å². The topological polar surface area (TPSA) is 32.5 Å². The largest absolute Gasteiger partial charge is 0.326 e. The molecule has 3 nitrogen and oxygen atoms in total. The van der Waals surface area contributed by atoms with Crippen LogP contribution in [0.1, 0.15) is 24.8 Å². The van der Waals surface area contributed by atoms with Gasteiger partial charge in [0.05, 0.1) is 6.04 Å². The Balaban J connectivity index is 2.17. The highest BCUT2D eigenvalue weighted by Crippen LogP contribution is 2.30. The molecule has 2 heterocycles. The van der Waals surface area contributed by atoms with E-state index in [2.05, 4.69) is 48.2 Å². The quantitative estimate of drug-likeness (QED) is 0.891. The van der Waals surface area contributed by atoms with Crippen LogP contribution in [-0.2, 0) is 0 Å². The zero-order valence-corrected chi connectivity index (χ0v) is 11.8. The van der Waals surface area contributed by atoms with Crippen LogP contribution in [0.5, 0.6) is 0 Å². The highest BCUT2D eigenvalue weighted by atomic mass is 32.1. The van der Waals surface area contributed by atoms with Gasteiger partial charge in [-0.1, -0.05) is 6.07 Å². The van der Waals surface area contributed by atoms with Crippen molar-refractivity contribution in [2.24, 2.45) is 5.73 Å². The van der Waals surface area contributed by atoms with Crippen molar-refractivity contribution in [3.63, 3.8) is 0 Å². The second kappa shape index (κ2) is 5.48. The van der Waals surface area contributed by atoms with Crippen molar-refractivity contribution in [3.8, 4) is 0 Å². The van der Waals surface area contributed by atoms with E-state index in [1.54, 1.807) is 0 Å². The number of hydrogen-bond acceptors (Lipinski definition) is 4. The van der Waals surface area contributed by atoms with Crippen LogP contribution in [-0.4, -0.2) is 48.6 Å². The van der Waals surface area contributed by atoms with Gasteiger partial charge in [0.1, 0.15) is 0 Å². The van der Waals surface area contributed by atoms with E-state index >= 15 is 0 Å². The lowest BCUT2D eigenvalue weighted by Crippen LogP contribution is -2.54. The minimum atomic E-state index is 0.180. The third-order valence-corrected chi connectivity index (χ3v) is 4.51. The number of thiophene rings is 1. The SMILES string of the molecule is CC(N)C(c1cccs1)N1CCN(C)CC1C. The number of hydrogen-bond donors (Lipinski definition) is 1. The molecule has 1 saturated heterocycles. The second-order valence-electron chi connectivity index (χ2n) is 5.17. The van der Waals surface area contributed by atoms with Crippen LogP contribution in [0, 0.1) is 0 Å². The molecule has 1 fully saturated rings. The van der Waals surface area contributed by atoms with Crippen LogP contribution in [0.2, 0.25) is 0 Å². The van der Waals surface area contributed by atoms with E-state index < -0.39 is 0 Å². The fourth-order valence-electron chi connectivity index (χ4n) is 2.75. The molecule has 0 radical (unpaired) electrons. The number of piperazine rings is 1. The van der Waals surface area contributed by atoms with Crippen LogP contribution < -0.4 is 5.73 Å². The van der Waals surface area contributed by atoms with E-state index in [-0.39, 0.29) is 6.04 Å². The minimum Gasteiger partial charge on any atom is -0.326 e. The van der Waals surface area contributed by atoms with Gasteiger partial charge in [0.15, 0.2) is 0 Å². The lowest BCUT2D eigenvalue weighted by atomic mass is 10.0. The van der Waals surface area contributed by atoms with Gasteiger partial charge in [0.25, 0.3) is 0 Å². The molecule has 96 valence electrons. The molecule has 0 bridgehead atoms. The molecule has 2 N–H and O–H groups in total. The first kappa shape index (κ1) is 13.0. The smallest absolute Gasteiger partial charge is 0.0593 e. The maximum absolute atomic E-state index is 6.21. The van der Waals surface area contributed by atoms with Crippen molar-refractivity contribution in [3.05, 3.63) is 22.4 Å². The van der Waals surface area contributed by atoms with Crippen molar-refractivity contribution in [2.45, 2.75) is 32.0 Å². The average Bonchev–Trinajstić information content (AvgIpc) is 2.74. The van der Waals surface area contributed by atoms with E-state index in [0.717, 1.165) is 19.6 Å². The number of likely N-dealkylation sites (N-methyl/N-ethyl adjacent to an activating group) is 1. The summed E-state index contributed by atoms with van der Waals surface area (Å²) in [7, 11) is 2.19. The molecule has 2 rings (SSSR count). The van der Waals surface area contributed by atoms with Crippen molar-refractivity contribution in [1.29, 1.82) is 0 Å². The molecule has 1 aliphatic rings. The first-order valence-electron chi connectivity index (χ1n) is 6.33. The van der Waals surface area contributed by atoms with E-state index in [1.165, 1.54) is 4.88 Å². The molecule has 0 amide bonds. The number of nitrogens with two attached hydrogens (primary N) is 1. The molecule has 4 heteroatoms. The Morgan fingerprint density at radius 1 is 1.47 bits per heavy atom. The average molecular weight is 253 g/mol. The van der Waals surface area contributed by atoms with Gasteiger partial charge in [-0.05, 0) is 32.3 Å². The number of rotatable bonds is 3. The predicted molar refractivity (Wildman–Crippen MR) is 74.4 cm³/mol. The molecule has 1 aromatic heterocycles. The zero-order chi connectivity index (χ0) is 12.4. The summed E-state index contributed by atoms with van der Waals surface area (Å²) >= 11 is 1.82. The van der Waals surface area contributed by atoms with Crippen LogP contribution in [0.4, 0.5) is 0 Å². The molecule has 17 heavy (non-hydrogen) atoms. The van der Waals surface area contributed by atoms with Gasteiger partial charge in [-0.15, -0.1) is 11.3 Å². The Labute approximate surface area is 108 Å².